The van der Waals surface area contributed by atoms with Crippen LogP contribution in [0.4, 0.5) is 0 Å². The molecule has 0 amide bonds. The second kappa shape index (κ2) is 4.87. The number of nitrogens with one attached hydrogen (secondary N) is 1. The maximum atomic E-state index is 6.11. The summed E-state index contributed by atoms with van der Waals surface area (Å²) >= 11 is 17.6. The van der Waals surface area contributed by atoms with Gasteiger partial charge in [0.1, 0.15) is 0 Å². The van der Waals surface area contributed by atoms with Gasteiger partial charge in [0.05, 0.1) is 21.1 Å². The van der Waals surface area contributed by atoms with Gasteiger partial charge in [-0.1, -0.05) is 37.0 Å². The first kappa shape index (κ1) is 13.9. The van der Waals surface area contributed by atoms with E-state index in [1.54, 1.807) is 0 Å². The van der Waals surface area contributed by atoms with Gasteiger partial charge in [-0.05, 0) is 44.1 Å². The molecule has 98 valence electrons. The minimum Gasteiger partial charge on any atom is -0.331 e. The number of rotatable bonds is 3. The normalized spacial score (nSPS) is 12.3. The van der Waals surface area contributed by atoms with Gasteiger partial charge in [-0.3, -0.25) is 0 Å². The molecule has 0 bridgehead atoms. The minimum atomic E-state index is -0.00745. The Hall–Kier alpha value is -0.510. The third kappa shape index (κ3) is 2.09. The summed E-state index contributed by atoms with van der Waals surface area (Å²) in [5.41, 5.74) is 1.94. The van der Waals surface area contributed by atoms with E-state index in [-0.39, 0.29) is 5.54 Å². The highest BCUT2D eigenvalue weighted by atomic mass is 35.5. The van der Waals surface area contributed by atoms with Gasteiger partial charge in [0.15, 0.2) is 4.77 Å². The number of imidazole rings is 1. The first-order valence-electron chi connectivity index (χ1n) is 6.03. The molecule has 0 saturated carbocycles. The van der Waals surface area contributed by atoms with Crippen molar-refractivity contribution in [2.24, 2.45) is 0 Å². The number of halogens is 2. The molecule has 0 aliphatic rings. The zero-order valence-electron chi connectivity index (χ0n) is 10.7. The van der Waals surface area contributed by atoms with Crippen molar-refractivity contribution in [3.05, 3.63) is 26.9 Å². The lowest BCUT2D eigenvalue weighted by Crippen LogP contribution is -2.28. The van der Waals surface area contributed by atoms with Crippen LogP contribution in [0, 0.1) is 4.77 Å². The van der Waals surface area contributed by atoms with Gasteiger partial charge >= 0.3 is 0 Å². The fourth-order valence-electron chi connectivity index (χ4n) is 2.20. The van der Waals surface area contributed by atoms with Crippen LogP contribution in [-0.4, -0.2) is 9.55 Å². The van der Waals surface area contributed by atoms with Crippen LogP contribution in [0.3, 0.4) is 0 Å². The van der Waals surface area contributed by atoms with Crippen LogP contribution in [0.15, 0.2) is 12.1 Å². The maximum Gasteiger partial charge on any atom is 0.178 e. The average molecular weight is 303 g/mol. The summed E-state index contributed by atoms with van der Waals surface area (Å²) in [6.07, 6.45) is 2.01. The molecule has 0 spiro atoms. The molecule has 0 unspecified atom stereocenters. The van der Waals surface area contributed by atoms with Crippen LogP contribution in [0.1, 0.15) is 33.6 Å². The number of fused-ring (bicyclic) bond motifs is 1. The monoisotopic (exact) mass is 302 g/mol. The molecule has 18 heavy (non-hydrogen) atoms. The summed E-state index contributed by atoms with van der Waals surface area (Å²) in [5.74, 6) is 0. The van der Waals surface area contributed by atoms with E-state index >= 15 is 0 Å². The zero-order chi connectivity index (χ0) is 13.5. The van der Waals surface area contributed by atoms with E-state index in [9.17, 15) is 0 Å². The first-order chi connectivity index (χ1) is 8.42. The average Bonchev–Trinajstić information content (AvgIpc) is 2.65. The lowest BCUT2D eigenvalue weighted by atomic mass is 9.95. The van der Waals surface area contributed by atoms with Crippen molar-refractivity contribution in [1.82, 2.24) is 9.55 Å². The molecule has 2 aromatic rings. The third-order valence-electron chi connectivity index (χ3n) is 3.79. The Bertz CT molecular complexity index is 638. The van der Waals surface area contributed by atoms with E-state index < -0.39 is 0 Å². The second-order valence-electron chi connectivity index (χ2n) is 4.75. The molecule has 0 atom stereocenters. The molecular formula is C13H16Cl2N2S. The fraction of sp³-hybridized carbons (Fsp3) is 0.462. The number of aromatic amines is 1. The van der Waals surface area contributed by atoms with E-state index in [0.717, 1.165) is 28.6 Å². The summed E-state index contributed by atoms with van der Waals surface area (Å²) in [5, 5.41) is 1.10. The molecule has 2 rings (SSSR count). The molecule has 0 saturated heterocycles. The predicted molar refractivity (Wildman–Crippen MR) is 81.4 cm³/mol. The van der Waals surface area contributed by atoms with Gasteiger partial charge in [-0.15, -0.1) is 0 Å². The van der Waals surface area contributed by atoms with E-state index in [0.29, 0.717) is 10.0 Å². The maximum absolute atomic E-state index is 6.11. The van der Waals surface area contributed by atoms with Crippen molar-refractivity contribution >= 4 is 46.5 Å². The van der Waals surface area contributed by atoms with Gasteiger partial charge in [0, 0.05) is 5.54 Å². The quantitative estimate of drug-likeness (QED) is 0.738. The first-order valence-corrected chi connectivity index (χ1v) is 7.19. The zero-order valence-corrected chi connectivity index (χ0v) is 13.0. The van der Waals surface area contributed by atoms with Gasteiger partial charge in [-0.25, -0.2) is 0 Å². The molecular weight excluding hydrogens is 287 g/mol. The summed E-state index contributed by atoms with van der Waals surface area (Å²) in [6.45, 7) is 6.54. The van der Waals surface area contributed by atoms with Gasteiger partial charge in [0.2, 0.25) is 0 Å². The molecule has 1 aromatic carbocycles. The standard InChI is InChI=1S/C13H16Cl2N2S/c1-4-13(3,5-2)17-11-7-9(15)8(14)6-10(11)16-12(17)18/h6-7H,4-5H2,1-3H3,(H,16,18). The van der Waals surface area contributed by atoms with Crippen LogP contribution in [0.25, 0.3) is 11.0 Å². The molecule has 2 nitrogen and oxygen atoms in total. The van der Waals surface area contributed by atoms with E-state index in [4.69, 9.17) is 35.4 Å². The third-order valence-corrected chi connectivity index (χ3v) is 4.79. The molecule has 0 aliphatic carbocycles. The fourth-order valence-corrected chi connectivity index (χ4v) is 2.95. The molecule has 1 N–H and O–H groups in total. The van der Waals surface area contributed by atoms with E-state index in [1.165, 1.54) is 0 Å². The van der Waals surface area contributed by atoms with Crippen LogP contribution in [0.2, 0.25) is 10.0 Å². The predicted octanol–water partition coefficient (Wildman–Crippen LogP) is 5.54. The van der Waals surface area contributed by atoms with Gasteiger partial charge in [-0.2, -0.15) is 0 Å². The Morgan fingerprint density at radius 2 is 1.78 bits per heavy atom. The van der Waals surface area contributed by atoms with Crippen molar-refractivity contribution in [1.29, 1.82) is 0 Å². The van der Waals surface area contributed by atoms with Gasteiger partial charge in [0.25, 0.3) is 0 Å². The SMILES string of the molecule is CCC(C)(CC)n1c(=S)[nH]c2cc(Cl)c(Cl)cc21. The molecule has 0 radical (unpaired) electrons. The second-order valence-corrected chi connectivity index (χ2v) is 5.95. The highest BCUT2D eigenvalue weighted by molar-refractivity contribution is 7.71. The Morgan fingerprint density at radius 1 is 1.22 bits per heavy atom. The number of hydrogen-bond donors (Lipinski definition) is 1. The molecule has 5 heteroatoms. The van der Waals surface area contributed by atoms with Crippen LogP contribution in [-0.2, 0) is 5.54 Å². The summed E-state index contributed by atoms with van der Waals surface area (Å²) in [4.78, 5) is 3.20. The molecule has 1 heterocycles. The lowest BCUT2D eigenvalue weighted by molar-refractivity contribution is 0.299. The number of benzene rings is 1. The van der Waals surface area contributed by atoms with Crippen molar-refractivity contribution in [2.45, 2.75) is 39.2 Å². The Balaban J connectivity index is 2.83. The lowest BCUT2D eigenvalue weighted by Gasteiger charge is -2.29. The summed E-state index contributed by atoms with van der Waals surface area (Å²) in [7, 11) is 0. The minimum absolute atomic E-state index is 0.00745. The number of hydrogen-bond acceptors (Lipinski definition) is 1. The Morgan fingerprint density at radius 3 is 2.33 bits per heavy atom. The van der Waals surface area contributed by atoms with Crippen molar-refractivity contribution in [3.8, 4) is 0 Å². The van der Waals surface area contributed by atoms with Crippen molar-refractivity contribution in [2.75, 3.05) is 0 Å². The molecule has 1 aromatic heterocycles. The Labute approximate surface area is 122 Å². The van der Waals surface area contributed by atoms with Crippen molar-refractivity contribution < 1.29 is 0 Å². The molecule has 0 fully saturated rings. The summed E-state index contributed by atoms with van der Waals surface area (Å²) < 4.78 is 2.87. The van der Waals surface area contributed by atoms with Crippen LogP contribution < -0.4 is 0 Å². The summed E-state index contributed by atoms with van der Waals surface area (Å²) in [6, 6.07) is 3.71. The van der Waals surface area contributed by atoms with Crippen LogP contribution in [0.5, 0.6) is 0 Å². The highest BCUT2D eigenvalue weighted by Crippen LogP contribution is 2.33. The van der Waals surface area contributed by atoms with E-state index in [2.05, 4.69) is 30.3 Å². The topological polar surface area (TPSA) is 20.7 Å². The van der Waals surface area contributed by atoms with Crippen molar-refractivity contribution in [3.63, 3.8) is 0 Å². The van der Waals surface area contributed by atoms with Gasteiger partial charge < -0.3 is 9.55 Å². The van der Waals surface area contributed by atoms with Crippen LogP contribution >= 0.6 is 35.4 Å². The number of nitrogens with zero attached hydrogens (tertiary/aromatic N) is 1. The molecule has 0 aliphatic heterocycles. The number of aromatic nitrogens is 2. The highest BCUT2D eigenvalue weighted by Gasteiger charge is 2.25. The number of H-pyrrole nitrogens is 1. The van der Waals surface area contributed by atoms with E-state index in [1.807, 2.05) is 12.1 Å². The Kier molecular flexibility index (Phi) is 3.77. The smallest absolute Gasteiger partial charge is 0.178 e. The largest absolute Gasteiger partial charge is 0.331 e.